The molecule has 1 aromatic rings. The van der Waals surface area contributed by atoms with Crippen molar-refractivity contribution < 1.29 is 41.6 Å². The smallest absolute Gasteiger partial charge is 0.385 e. The number of hydrogen-bond donors (Lipinski definition) is 2. The van der Waals surface area contributed by atoms with Crippen molar-refractivity contribution in [2.45, 2.75) is 114 Å². The van der Waals surface area contributed by atoms with Gasteiger partial charge < -0.3 is 19.7 Å². The molecule has 5 aliphatic rings. The first-order valence-electron chi connectivity index (χ1n) is 15.4. The second kappa shape index (κ2) is 9.60. The molecule has 6 atom stereocenters. The van der Waals surface area contributed by atoms with Gasteiger partial charge in [-0.3, -0.25) is 0 Å². The molecule has 1 saturated heterocycles. The van der Waals surface area contributed by atoms with Gasteiger partial charge in [-0.2, -0.15) is 22.0 Å². The van der Waals surface area contributed by atoms with Crippen LogP contribution in [0.1, 0.15) is 96.1 Å². The largest absolute Gasteiger partial charge is 0.456 e. The standard InChI is InChI=1S/C34H43F5O4/c1-20(2)21-6-8-22(9-7-21)24-16-29(5)25(12-15-32(29,41)33(35,36)34(37,38)39)23-10-13-30(40)17-31(14-11-26(30)27(23)24)42-18-28(3,4)19-43-31/h6-9,23-25,40-41H,1,10-19H2,2-5H3/t23?,24-,25?,29+,30?,32?/m1/s1. The summed E-state index contributed by atoms with van der Waals surface area (Å²) in [5.74, 6) is -7.63. The maximum Gasteiger partial charge on any atom is 0.456 e. The minimum atomic E-state index is -5.88. The normalized spacial score (nSPS) is 38.8. The summed E-state index contributed by atoms with van der Waals surface area (Å²) < 4.78 is 84.6. The molecule has 4 unspecified atom stereocenters. The lowest BCUT2D eigenvalue weighted by Crippen LogP contribution is -2.65. The van der Waals surface area contributed by atoms with E-state index in [0.29, 0.717) is 38.9 Å². The first-order valence-corrected chi connectivity index (χ1v) is 15.4. The predicted molar refractivity (Wildman–Crippen MR) is 152 cm³/mol. The van der Waals surface area contributed by atoms with Crippen LogP contribution in [0.25, 0.3) is 5.57 Å². The number of ether oxygens (including phenoxy) is 2. The van der Waals surface area contributed by atoms with E-state index in [4.69, 9.17) is 9.47 Å². The predicted octanol–water partition coefficient (Wildman–Crippen LogP) is 7.94. The molecule has 238 valence electrons. The molecule has 0 radical (unpaired) electrons. The van der Waals surface area contributed by atoms with Crippen molar-refractivity contribution in [3.8, 4) is 0 Å². The van der Waals surface area contributed by atoms with Gasteiger partial charge in [0.15, 0.2) is 5.79 Å². The Hall–Kier alpha value is -1.81. The molecular weight excluding hydrogens is 567 g/mol. The minimum Gasteiger partial charge on any atom is -0.385 e. The van der Waals surface area contributed by atoms with E-state index < -0.39 is 52.8 Å². The molecule has 3 saturated carbocycles. The van der Waals surface area contributed by atoms with Crippen molar-refractivity contribution in [1.29, 1.82) is 0 Å². The Labute approximate surface area is 250 Å². The van der Waals surface area contributed by atoms with Gasteiger partial charge in [-0.25, -0.2) is 0 Å². The zero-order valence-corrected chi connectivity index (χ0v) is 25.4. The molecule has 1 aromatic carbocycles. The lowest BCUT2D eigenvalue weighted by molar-refractivity contribution is -0.362. The van der Waals surface area contributed by atoms with Gasteiger partial charge in [-0.15, -0.1) is 0 Å². The molecule has 4 fully saturated rings. The van der Waals surface area contributed by atoms with Crippen molar-refractivity contribution in [3.63, 3.8) is 0 Å². The number of alkyl halides is 5. The molecule has 4 nitrogen and oxygen atoms in total. The first-order chi connectivity index (χ1) is 19.8. The van der Waals surface area contributed by atoms with Gasteiger partial charge in [0.25, 0.3) is 0 Å². The Kier molecular flexibility index (Phi) is 6.96. The van der Waals surface area contributed by atoms with E-state index in [1.807, 2.05) is 31.2 Å². The fourth-order valence-electron chi connectivity index (χ4n) is 9.31. The van der Waals surface area contributed by atoms with Gasteiger partial charge in [-0.05, 0) is 74.0 Å². The van der Waals surface area contributed by atoms with Gasteiger partial charge in [-0.1, -0.05) is 62.8 Å². The Morgan fingerprint density at radius 3 is 2.14 bits per heavy atom. The molecular formula is C34H43F5O4. The third kappa shape index (κ3) is 4.50. The van der Waals surface area contributed by atoms with Crippen LogP contribution >= 0.6 is 0 Å². The van der Waals surface area contributed by atoms with E-state index in [2.05, 4.69) is 20.4 Å². The van der Waals surface area contributed by atoms with Crippen LogP contribution < -0.4 is 0 Å². The number of fused-ring (bicyclic) bond motifs is 4. The SMILES string of the molecule is C=C(C)c1ccc([C@H]2C[C@@]3(C)C(CCC3(O)C(F)(F)C(F)(F)F)C3CCC4(O)CC5(CCC4=C32)OCC(C)(C)CO5)cc1. The quantitative estimate of drug-likeness (QED) is 0.270. The highest BCUT2D eigenvalue weighted by atomic mass is 19.4. The summed E-state index contributed by atoms with van der Waals surface area (Å²) in [5.41, 5.74) is -2.01. The van der Waals surface area contributed by atoms with E-state index in [-0.39, 0.29) is 30.6 Å². The molecule has 2 N–H and O–H groups in total. The molecule has 43 heavy (non-hydrogen) atoms. The summed E-state index contributed by atoms with van der Waals surface area (Å²) in [6.07, 6.45) is -4.52. The molecule has 6 rings (SSSR count). The van der Waals surface area contributed by atoms with E-state index in [1.165, 1.54) is 6.92 Å². The summed E-state index contributed by atoms with van der Waals surface area (Å²) in [4.78, 5) is 0. The highest BCUT2D eigenvalue weighted by Gasteiger charge is 2.79. The molecule has 9 heteroatoms. The number of aliphatic hydroxyl groups is 2. The summed E-state index contributed by atoms with van der Waals surface area (Å²) >= 11 is 0. The third-order valence-corrected chi connectivity index (χ3v) is 11.7. The first kappa shape index (κ1) is 31.2. The highest BCUT2D eigenvalue weighted by molar-refractivity contribution is 5.61. The molecule has 1 spiro atoms. The van der Waals surface area contributed by atoms with Crippen LogP contribution in [0.2, 0.25) is 0 Å². The Morgan fingerprint density at radius 1 is 0.930 bits per heavy atom. The molecule has 0 aromatic heterocycles. The van der Waals surface area contributed by atoms with Crippen LogP contribution in [0.4, 0.5) is 22.0 Å². The Balaban J connectivity index is 1.46. The van der Waals surface area contributed by atoms with Crippen molar-refractivity contribution in [2.24, 2.45) is 22.7 Å². The van der Waals surface area contributed by atoms with Crippen LogP contribution in [0, 0.1) is 22.7 Å². The van der Waals surface area contributed by atoms with Gasteiger partial charge in [0.05, 0.1) is 18.8 Å². The third-order valence-electron chi connectivity index (χ3n) is 11.7. The maximum atomic E-state index is 15.3. The van der Waals surface area contributed by atoms with Crippen molar-refractivity contribution in [1.82, 2.24) is 0 Å². The van der Waals surface area contributed by atoms with Crippen LogP contribution in [-0.2, 0) is 9.47 Å². The maximum absolute atomic E-state index is 15.3. The van der Waals surface area contributed by atoms with Gasteiger partial charge >= 0.3 is 12.1 Å². The average Bonchev–Trinajstić information content (AvgIpc) is 3.20. The summed E-state index contributed by atoms with van der Waals surface area (Å²) in [6.45, 7) is 12.4. The molecule has 0 bridgehead atoms. The number of halogens is 5. The summed E-state index contributed by atoms with van der Waals surface area (Å²) in [5, 5.41) is 23.7. The molecule has 1 heterocycles. The van der Waals surface area contributed by atoms with Gasteiger partial charge in [0.2, 0.25) is 0 Å². The molecule has 4 aliphatic carbocycles. The average molecular weight is 611 g/mol. The number of rotatable bonds is 3. The topological polar surface area (TPSA) is 58.9 Å². The van der Waals surface area contributed by atoms with Crippen molar-refractivity contribution in [3.05, 3.63) is 53.1 Å². The van der Waals surface area contributed by atoms with Crippen LogP contribution in [0.3, 0.4) is 0 Å². The Morgan fingerprint density at radius 2 is 1.56 bits per heavy atom. The fraction of sp³-hybridized carbons (Fsp3) is 0.706. The van der Waals surface area contributed by atoms with E-state index in [0.717, 1.165) is 27.8 Å². The van der Waals surface area contributed by atoms with Crippen LogP contribution in [0.5, 0.6) is 0 Å². The zero-order valence-electron chi connectivity index (χ0n) is 25.4. The monoisotopic (exact) mass is 610 g/mol. The summed E-state index contributed by atoms with van der Waals surface area (Å²) in [6, 6.07) is 7.53. The van der Waals surface area contributed by atoms with E-state index in [9.17, 15) is 23.4 Å². The second-order valence-electron chi connectivity index (χ2n) is 15.1. The number of allylic oxidation sites excluding steroid dienone is 2. The molecule has 1 aliphatic heterocycles. The van der Waals surface area contributed by atoms with Gasteiger partial charge in [0.1, 0.15) is 5.60 Å². The zero-order chi connectivity index (χ0) is 31.4. The number of hydrogen-bond acceptors (Lipinski definition) is 4. The van der Waals surface area contributed by atoms with Crippen molar-refractivity contribution >= 4 is 5.57 Å². The van der Waals surface area contributed by atoms with E-state index >= 15 is 8.78 Å². The van der Waals surface area contributed by atoms with Crippen LogP contribution in [0.15, 0.2) is 42.0 Å². The fourth-order valence-corrected chi connectivity index (χ4v) is 9.31. The minimum absolute atomic E-state index is 0.0606. The summed E-state index contributed by atoms with van der Waals surface area (Å²) in [7, 11) is 0. The lowest BCUT2D eigenvalue weighted by atomic mass is 9.49. The van der Waals surface area contributed by atoms with Crippen molar-refractivity contribution in [2.75, 3.05) is 13.2 Å². The molecule has 0 amide bonds. The Bertz CT molecular complexity index is 1320. The van der Waals surface area contributed by atoms with Crippen LogP contribution in [-0.4, -0.2) is 52.5 Å². The lowest BCUT2D eigenvalue weighted by Gasteiger charge is -2.59. The van der Waals surface area contributed by atoms with E-state index in [1.54, 1.807) is 0 Å². The highest BCUT2D eigenvalue weighted by Crippen LogP contribution is 2.71. The second-order valence-corrected chi connectivity index (χ2v) is 15.1. The number of benzene rings is 1. The van der Waals surface area contributed by atoms with Gasteiger partial charge in [0, 0.05) is 29.6 Å².